The average molecular weight is 450 g/mol. The quantitative estimate of drug-likeness (QED) is 0.271. The predicted molar refractivity (Wildman–Crippen MR) is 113 cm³/mol. The fourth-order valence-electron chi connectivity index (χ4n) is 3.63. The fourth-order valence-corrected chi connectivity index (χ4v) is 3.63. The van der Waals surface area contributed by atoms with Crippen LogP contribution in [0.4, 0.5) is 5.69 Å². The third kappa shape index (κ3) is 4.33. The van der Waals surface area contributed by atoms with E-state index in [9.17, 15) is 29.3 Å². The lowest BCUT2D eigenvalue weighted by Gasteiger charge is -2.14. The number of esters is 1. The second-order valence-electron chi connectivity index (χ2n) is 7.31. The zero-order chi connectivity index (χ0) is 23.5. The number of amides is 3. The SMILES string of the molecule is O=C(CCN1C(=O)c2cccc([N+](=O)[O-])c2C1=O)OCC(=O)N1CCC(c2ccccc2)=N1. The molecule has 4 rings (SSSR count). The minimum absolute atomic E-state index is 0.0844. The lowest BCUT2D eigenvalue weighted by atomic mass is 10.1. The zero-order valence-corrected chi connectivity index (χ0v) is 17.3. The molecule has 3 amide bonds. The van der Waals surface area contributed by atoms with Crippen molar-refractivity contribution < 1.29 is 28.8 Å². The highest BCUT2D eigenvalue weighted by Gasteiger charge is 2.40. The van der Waals surface area contributed by atoms with Crippen molar-refractivity contribution in [3.8, 4) is 0 Å². The van der Waals surface area contributed by atoms with Crippen molar-refractivity contribution in [2.75, 3.05) is 19.7 Å². The largest absolute Gasteiger partial charge is 0.455 e. The lowest BCUT2D eigenvalue weighted by Crippen LogP contribution is -2.33. The van der Waals surface area contributed by atoms with Crippen molar-refractivity contribution in [1.82, 2.24) is 9.91 Å². The maximum Gasteiger partial charge on any atom is 0.308 e. The highest BCUT2D eigenvalue weighted by molar-refractivity contribution is 6.23. The smallest absolute Gasteiger partial charge is 0.308 e. The summed E-state index contributed by atoms with van der Waals surface area (Å²) >= 11 is 0. The molecule has 2 heterocycles. The van der Waals surface area contributed by atoms with Crippen LogP contribution in [-0.2, 0) is 14.3 Å². The lowest BCUT2D eigenvalue weighted by molar-refractivity contribution is -0.385. The van der Waals surface area contributed by atoms with Crippen molar-refractivity contribution in [3.05, 3.63) is 75.3 Å². The van der Waals surface area contributed by atoms with E-state index < -0.39 is 40.9 Å². The molecule has 2 aromatic rings. The van der Waals surface area contributed by atoms with Crippen LogP contribution >= 0.6 is 0 Å². The molecule has 33 heavy (non-hydrogen) atoms. The summed E-state index contributed by atoms with van der Waals surface area (Å²) in [5, 5.41) is 16.7. The first-order valence-electron chi connectivity index (χ1n) is 10.1. The number of ether oxygens (including phenoxy) is 1. The average Bonchev–Trinajstić information content (AvgIpc) is 3.41. The summed E-state index contributed by atoms with van der Waals surface area (Å²) in [4.78, 5) is 60.5. The molecule has 0 bridgehead atoms. The summed E-state index contributed by atoms with van der Waals surface area (Å²) in [5.74, 6) is -2.85. The molecule has 2 aromatic carbocycles. The van der Waals surface area contributed by atoms with Gasteiger partial charge in [0.25, 0.3) is 23.4 Å². The van der Waals surface area contributed by atoms with Crippen molar-refractivity contribution >= 4 is 35.1 Å². The van der Waals surface area contributed by atoms with Crippen LogP contribution in [0.1, 0.15) is 39.1 Å². The van der Waals surface area contributed by atoms with E-state index in [0.717, 1.165) is 22.2 Å². The Labute approximate surface area is 187 Å². The van der Waals surface area contributed by atoms with Gasteiger partial charge in [0.15, 0.2) is 6.61 Å². The third-order valence-electron chi connectivity index (χ3n) is 5.27. The molecule has 168 valence electrons. The number of carbonyl (C=O) groups excluding carboxylic acids is 4. The molecular weight excluding hydrogens is 432 g/mol. The molecule has 0 radical (unpaired) electrons. The maximum atomic E-state index is 12.5. The van der Waals surface area contributed by atoms with Gasteiger partial charge in [-0.1, -0.05) is 36.4 Å². The van der Waals surface area contributed by atoms with Crippen molar-refractivity contribution in [1.29, 1.82) is 0 Å². The van der Waals surface area contributed by atoms with Crippen molar-refractivity contribution in [2.45, 2.75) is 12.8 Å². The van der Waals surface area contributed by atoms with Crippen LogP contribution in [0.25, 0.3) is 0 Å². The first-order valence-corrected chi connectivity index (χ1v) is 10.1. The van der Waals surface area contributed by atoms with E-state index in [2.05, 4.69) is 5.10 Å². The van der Waals surface area contributed by atoms with E-state index in [4.69, 9.17) is 4.74 Å². The van der Waals surface area contributed by atoms with Gasteiger partial charge in [-0.05, 0) is 11.6 Å². The van der Waals surface area contributed by atoms with Gasteiger partial charge in [0.1, 0.15) is 5.56 Å². The number of fused-ring (bicyclic) bond motifs is 1. The van der Waals surface area contributed by atoms with Crippen LogP contribution in [0.2, 0.25) is 0 Å². The topological polar surface area (TPSA) is 139 Å². The number of nitro groups is 1. The maximum absolute atomic E-state index is 12.5. The fraction of sp³-hybridized carbons (Fsp3) is 0.227. The number of hydrogen-bond acceptors (Lipinski definition) is 8. The van der Waals surface area contributed by atoms with Gasteiger partial charge >= 0.3 is 5.97 Å². The first kappa shape index (κ1) is 21.8. The molecule has 0 saturated heterocycles. The molecule has 0 atom stereocenters. The van der Waals surface area contributed by atoms with Gasteiger partial charge in [-0.3, -0.25) is 34.2 Å². The molecule has 0 N–H and O–H groups in total. The number of carbonyl (C=O) groups is 4. The molecule has 0 spiro atoms. The van der Waals surface area contributed by atoms with Crippen LogP contribution in [0.5, 0.6) is 0 Å². The number of rotatable bonds is 7. The van der Waals surface area contributed by atoms with E-state index in [0.29, 0.717) is 13.0 Å². The van der Waals surface area contributed by atoms with Gasteiger partial charge in [-0.25, -0.2) is 5.01 Å². The number of nitro benzene ring substituents is 1. The van der Waals surface area contributed by atoms with Crippen LogP contribution in [0.15, 0.2) is 53.6 Å². The number of benzene rings is 2. The summed E-state index contributed by atoms with van der Waals surface area (Å²) in [6.07, 6.45) is 0.223. The highest BCUT2D eigenvalue weighted by Crippen LogP contribution is 2.30. The Bertz CT molecular complexity index is 1190. The molecular formula is C22H18N4O7. The number of hydrogen-bond donors (Lipinski definition) is 0. The van der Waals surface area contributed by atoms with Crippen LogP contribution < -0.4 is 0 Å². The second kappa shape index (κ2) is 8.99. The van der Waals surface area contributed by atoms with Gasteiger partial charge in [0.05, 0.1) is 29.2 Å². The highest BCUT2D eigenvalue weighted by atomic mass is 16.6. The van der Waals surface area contributed by atoms with Crippen LogP contribution in [0, 0.1) is 10.1 Å². The Kier molecular flexibility index (Phi) is 5.94. The van der Waals surface area contributed by atoms with Gasteiger partial charge in [0, 0.05) is 19.0 Å². The number of nitrogens with zero attached hydrogens (tertiary/aromatic N) is 4. The summed E-state index contributed by atoms with van der Waals surface area (Å²) in [6, 6.07) is 13.2. The minimum atomic E-state index is -0.842. The van der Waals surface area contributed by atoms with Gasteiger partial charge in [-0.15, -0.1) is 0 Å². The molecule has 0 aromatic heterocycles. The molecule has 0 saturated carbocycles. The van der Waals surface area contributed by atoms with Crippen molar-refractivity contribution in [3.63, 3.8) is 0 Å². The van der Waals surface area contributed by atoms with E-state index >= 15 is 0 Å². The second-order valence-corrected chi connectivity index (χ2v) is 7.31. The van der Waals surface area contributed by atoms with E-state index in [1.165, 1.54) is 17.1 Å². The zero-order valence-electron chi connectivity index (χ0n) is 17.3. The van der Waals surface area contributed by atoms with Gasteiger partial charge < -0.3 is 4.74 Å². The van der Waals surface area contributed by atoms with Crippen molar-refractivity contribution in [2.24, 2.45) is 5.10 Å². The summed E-state index contributed by atoms with van der Waals surface area (Å²) in [6.45, 7) is -0.483. The normalized spacial score (nSPS) is 14.8. The molecule has 2 aliphatic rings. The molecule has 0 fully saturated rings. The van der Waals surface area contributed by atoms with Gasteiger partial charge in [0.2, 0.25) is 0 Å². The first-order chi connectivity index (χ1) is 15.9. The van der Waals surface area contributed by atoms with Gasteiger partial charge in [-0.2, -0.15) is 5.10 Å². The number of hydrazone groups is 1. The molecule has 11 nitrogen and oxygen atoms in total. The standard InChI is InChI=1S/C22H18N4O7/c27-18(25-12-9-16(23-25)14-5-2-1-3-6-14)13-33-19(28)10-11-24-21(29)15-7-4-8-17(26(31)32)20(15)22(24)30/h1-8H,9-13H2. The van der Waals surface area contributed by atoms with E-state index in [-0.39, 0.29) is 24.1 Å². The van der Waals surface area contributed by atoms with E-state index in [1.807, 2.05) is 30.3 Å². The Morgan fingerprint density at radius 3 is 2.55 bits per heavy atom. The predicted octanol–water partition coefficient (Wildman–Crippen LogP) is 1.76. The Balaban J connectivity index is 1.30. The van der Waals surface area contributed by atoms with Crippen LogP contribution in [0.3, 0.4) is 0 Å². The Morgan fingerprint density at radius 2 is 1.82 bits per heavy atom. The summed E-state index contributed by atoms with van der Waals surface area (Å²) in [7, 11) is 0. The van der Waals surface area contributed by atoms with E-state index in [1.54, 1.807) is 0 Å². The Hall–Kier alpha value is -4.41. The molecule has 0 unspecified atom stereocenters. The summed E-state index contributed by atoms with van der Waals surface area (Å²) in [5.41, 5.74) is 0.819. The molecule has 2 aliphatic heterocycles. The number of imide groups is 1. The molecule has 0 aliphatic carbocycles. The Morgan fingerprint density at radius 1 is 1.06 bits per heavy atom. The summed E-state index contributed by atoms with van der Waals surface area (Å²) < 4.78 is 4.97. The molecule has 11 heteroatoms. The third-order valence-corrected chi connectivity index (χ3v) is 5.27. The minimum Gasteiger partial charge on any atom is -0.455 e. The van der Waals surface area contributed by atoms with Crippen LogP contribution in [-0.4, -0.2) is 63.9 Å². The monoisotopic (exact) mass is 450 g/mol.